The standard InChI is InChI=1S/C23H22BrN7/c24-20-14-29-23(31-22(20)28-12-17-3-1-2-8-26-17)30-16-4-5-21-18(11-16)19(13-27-21)15-6-9-25-10-7-15/h1-6,8,11,13-14,25,27H,7,9-10,12H2,(H2,28,29,30,31). The van der Waals surface area contributed by atoms with Crippen molar-refractivity contribution in [2.45, 2.75) is 13.0 Å². The average molecular weight is 476 g/mol. The van der Waals surface area contributed by atoms with Gasteiger partial charge in [-0.25, -0.2) is 4.98 Å². The third-order valence-electron chi connectivity index (χ3n) is 5.25. The van der Waals surface area contributed by atoms with Crippen LogP contribution in [0.25, 0.3) is 16.5 Å². The number of benzene rings is 1. The number of fused-ring (bicyclic) bond motifs is 1. The summed E-state index contributed by atoms with van der Waals surface area (Å²) in [7, 11) is 0. The van der Waals surface area contributed by atoms with Gasteiger partial charge in [-0.05, 0) is 64.8 Å². The lowest BCUT2D eigenvalue weighted by Crippen LogP contribution is -2.19. The highest BCUT2D eigenvalue weighted by molar-refractivity contribution is 9.10. The number of hydrogen-bond donors (Lipinski definition) is 4. The average Bonchev–Trinajstić information content (AvgIpc) is 3.24. The summed E-state index contributed by atoms with van der Waals surface area (Å²) in [5.74, 6) is 1.25. The van der Waals surface area contributed by atoms with Crippen LogP contribution in [0.5, 0.6) is 0 Å². The number of H-pyrrole nitrogens is 1. The van der Waals surface area contributed by atoms with Crippen molar-refractivity contribution >= 4 is 49.9 Å². The van der Waals surface area contributed by atoms with E-state index in [1.165, 1.54) is 16.5 Å². The zero-order valence-corrected chi connectivity index (χ0v) is 18.4. The lowest BCUT2D eigenvalue weighted by molar-refractivity contribution is 0.739. The molecule has 1 aliphatic heterocycles. The molecule has 0 saturated heterocycles. The van der Waals surface area contributed by atoms with Crippen LogP contribution in [0.15, 0.2) is 65.5 Å². The van der Waals surface area contributed by atoms with Gasteiger partial charge in [0.1, 0.15) is 5.82 Å². The highest BCUT2D eigenvalue weighted by Gasteiger charge is 2.12. The molecular weight excluding hydrogens is 454 g/mol. The molecule has 0 aliphatic carbocycles. The van der Waals surface area contributed by atoms with E-state index in [1.807, 2.05) is 24.3 Å². The maximum absolute atomic E-state index is 4.63. The number of aromatic nitrogens is 4. The number of nitrogens with zero attached hydrogens (tertiary/aromatic N) is 3. The molecule has 1 aliphatic rings. The molecule has 7 nitrogen and oxygen atoms in total. The lowest BCUT2D eigenvalue weighted by atomic mass is 9.99. The summed E-state index contributed by atoms with van der Waals surface area (Å²) in [6.45, 7) is 2.51. The van der Waals surface area contributed by atoms with E-state index in [0.29, 0.717) is 18.3 Å². The molecule has 0 spiro atoms. The van der Waals surface area contributed by atoms with E-state index in [4.69, 9.17) is 0 Å². The maximum Gasteiger partial charge on any atom is 0.229 e. The van der Waals surface area contributed by atoms with E-state index in [0.717, 1.165) is 40.9 Å². The third-order valence-corrected chi connectivity index (χ3v) is 5.84. The first-order valence-electron chi connectivity index (χ1n) is 10.2. The smallest absolute Gasteiger partial charge is 0.229 e. The van der Waals surface area contributed by atoms with Crippen molar-refractivity contribution in [2.75, 3.05) is 23.7 Å². The zero-order valence-electron chi connectivity index (χ0n) is 16.8. The van der Waals surface area contributed by atoms with Gasteiger partial charge in [-0.1, -0.05) is 12.1 Å². The number of anilines is 3. The molecule has 4 heterocycles. The molecule has 156 valence electrons. The van der Waals surface area contributed by atoms with Gasteiger partial charge in [0.2, 0.25) is 5.95 Å². The van der Waals surface area contributed by atoms with Crippen LogP contribution in [0.4, 0.5) is 17.5 Å². The van der Waals surface area contributed by atoms with Gasteiger partial charge >= 0.3 is 0 Å². The summed E-state index contributed by atoms with van der Waals surface area (Å²) in [6, 6.07) is 12.1. The quantitative estimate of drug-likeness (QED) is 0.318. The van der Waals surface area contributed by atoms with Crippen LogP contribution in [-0.2, 0) is 6.54 Å². The molecule has 1 aromatic carbocycles. The fraction of sp³-hybridized carbons (Fsp3) is 0.174. The van der Waals surface area contributed by atoms with E-state index in [9.17, 15) is 0 Å². The van der Waals surface area contributed by atoms with Crippen LogP contribution in [0.3, 0.4) is 0 Å². The summed E-state index contributed by atoms with van der Waals surface area (Å²) >= 11 is 3.52. The van der Waals surface area contributed by atoms with Gasteiger partial charge in [-0.15, -0.1) is 0 Å². The molecule has 3 aromatic heterocycles. The largest absolute Gasteiger partial charge is 0.363 e. The second-order valence-electron chi connectivity index (χ2n) is 7.34. The Hall–Kier alpha value is -3.23. The number of aromatic amines is 1. The number of hydrogen-bond acceptors (Lipinski definition) is 6. The Kier molecular flexibility index (Phi) is 5.64. The SMILES string of the molecule is Brc1cnc(Nc2ccc3[nH]cc(C4=CCNCC4)c3c2)nc1NCc1ccccn1. The molecule has 0 fully saturated rings. The molecule has 0 bridgehead atoms. The van der Waals surface area contributed by atoms with Crippen LogP contribution in [0.2, 0.25) is 0 Å². The first-order valence-corrected chi connectivity index (χ1v) is 11.0. The molecule has 4 N–H and O–H groups in total. The van der Waals surface area contributed by atoms with Crippen molar-refractivity contribution in [2.24, 2.45) is 0 Å². The first-order chi connectivity index (χ1) is 15.3. The van der Waals surface area contributed by atoms with Crippen molar-refractivity contribution in [1.82, 2.24) is 25.3 Å². The fourth-order valence-electron chi connectivity index (χ4n) is 3.69. The molecule has 0 radical (unpaired) electrons. The van der Waals surface area contributed by atoms with Gasteiger partial charge in [0.25, 0.3) is 0 Å². The van der Waals surface area contributed by atoms with Crippen LogP contribution >= 0.6 is 15.9 Å². The molecule has 5 rings (SSSR count). The van der Waals surface area contributed by atoms with E-state index < -0.39 is 0 Å². The zero-order chi connectivity index (χ0) is 21.0. The van der Waals surface area contributed by atoms with Crippen molar-refractivity contribution in [1.29, 1.82) is 0 Å². The van der Waals surface area contributed by atoms with Gasteiger partial charge < -0.3 is 20.9 Å². The Morgan fingerprint density at radius 3 is 2.94 bits per heavy atom. The Morgan fingerprint density at radius 1 is 1.13 bits per heavy atom. The third kappa shape index (κ3) is 4.45. The summed E-state index contributed by atoms with van der Waals surface area (Å²) in [4.78, 5) is 16.8. The molecule has 0 saturated carbocycles. The van der Waals surface area contributed by atoms with Gasteiger partial charge in [0.05, 0.1) is 16.7 Å². The van der Waals surface area contributed by atoms with Crippen LogP contribution in [-0.4, -0.2) is 33.0 Å². The molecule has 31 heavy (non-hydrogen) atoms. The monoisotopic (exact) mass is 475 g/mol. The molecule has 0 amide bonds. The van der Waals surface area contributed by atoms with Crippen LogP contribution in [0, 0.1) is 0 Å². The van der Waals surface area contributed by atoms with E-state index in [-0.39, 0.29) is 0 Å². The molecule has 0 unspecified atom stereocenters. The van der Waals surface area contributed by atoms with E-state index in [1.54, 1.807) is 12.4 Å². The highest BCUT2D eigenvalue weighted by atomic mass is 79.9. The Labute approximate surface area is 188 Å². The first kappa shape index (κ1) is 19.7. The molecule has 8 heteroatoms. The van der Waals surface area contributed by atoms with Gasteiger partial charge in [0, 0.05) is 47.3 Å². The van der Waals surface area contributed by atoms with E-state index in [2.05, 4.69) is 76.2 Å². The molecule has 0 atom stereocenters. The van der Waals surface area contributed by atoms with Crippen LogP contribution in [0.1, 0.15) is 17.7 Å². The Balaban J connectivity index is 1.37. The van der Waals surface area contributed by atoms with Crippen molar-refractivity contribution in [3.63, 3.8) is 0 Å². The normalized spacial score (nSPS) is 13.8. The second-order valence-corrected chi connectivity index (χ2v) is 8.19. The van der Waals surface area contributed by atoms with E-state index >= 15 is 0 Å². The van der Waals surface area contributed by atoms with Gasteiger partial charge in [-0.2, -0.15) is 4.98 Å². The number of nitrogens with one attached hydrogen (secondary N) is 4. The van der Waals surface area contributed by atoms with Gasteiger partial charge in [0.15, 0.2) is 0 Å². The predicted molar refractivity (Wildman–Crippen MR) is 128 cm³/mol. The Bertz CT molecular complexity index is 1230. The number of pyridine rings is 1. The number of rotatable bonds is 6. The fourth-order valence-corrected chi connectivity index (χ4v) is 4.02. The lowest BCUT2D eigenvalue weighted by Gasteiger charge is -2.14. The number of halogens is 1. The minimum Gasteiger partial charge on any atom is -0.363 e. The predicted octanol–water partition coefficient (Wildman–Crippen LogP) is 4.85. The maximum atomic E-state index is 4.63. The summed E-state index contributed by atoms with van der Waals surface area (Å²) in [6.07, 6.45) is 8.93. The second kappa shape index (κ2) is 8.87. The van der Waals surface area contributed by atoms with Gasteiger partial charge in [-0.3, -0.25) is 4.98 Å². The summed E-state index contributed by atoms with van der Waals surface area (Å²) < 4.78 is 0.801. The van der Waals surface area contributed by atoms with Crippen LogP contribution < -0.4 is 16.0 Å². The highest BCUT2D eigenvalue weighted by Crippen LogP contribution is 2.31. The van der Waals surface area contributed by atoms with Crippen molar-refractivity contribution < 1.29 is 0 Å². The Morgan fingerprint density at radius 2 is 2.10 bits per heavy atom. The minimum atomic E-state index is 0.532. The van der Waals surface area contributed by atoms with Crippen molar-refractivity contribution in [3.8, 4) is 0 Å². The van der Waals surface area contributed by atoms with Crippen molar-refractivity contribution in [3.05, 3.63) is 76.8 Å². The summed E-state index contributed by atoms with van der Waals surface area (Å²) in [5, 5.41) is 11.2. The topological polar surface area (TPSA) is 90.5 Å². The molecule has 4 aromatic rings. The molecular formula is C23H22BrN7. The summed E-state index contributed by atoms with van der Waals surface area (Å²) in [5.41, 5.74) is 5.65. The minimum absolute atomic E-state index is 0.532.